The second-order valence-corrected chi connectivity index (χ2v) is 12.6. The summed E-state index contributed by atoms with van der Waals surface area (Å²) in [5.74, 6) is -0.352. The van der Waals surface area contributed by atoms with Gasteiger partial charge in [0.05, 0.1) is 34.1 Å². The topological polar surface area (TPSA) is 125 Å². The lowest BCUT2D eigenvalue weighted by molar-refractivity contribution is 0.0582. The zero-order valence-electron chi connectivity index (χ0n) is 26.0. The minimum Gasteiger partial charge on any atom is -0.397 e. The summed E-state index contributed by atoms with van der Waals surface area (Å²) < 4.78 is 0. The molecule has 10 nitrogen and oxygen atoms in total. The van der Waals surface area contributed by atoms with Gasteiger partial charge in [-0.2, -0.15) is 0 Å². The Morgan fingerprint density at radius 3 is 2.23 bits per heavy atom. The molecule has 3 amide bonds. The maximum absolute atomic E-state index is 13.4. The zero-order chi connectivity index (χ0) is 33.0. The van der Waals surface area contributed by atoms with E-state index in [2.05, 4.69) is 25.1 Å². The summed E-state index contributed by atoms with van der Waals surface area (Å²) >= 11 is 1.62. The second-order valence-electron chi connectivity index (χ2n) is 11.7. The normalized spacial score (nSPS) is 15.6. The minimum atomic E-state index is -0.446. The van der Waals surface area contributed by atoms with Gasteiger partial charge in [-0.1, -0.05) is 66.7 Å². The van der Waals surface area contributed by atoms with Crippen molar-refractivity contribution in [3.05, 3.63) is 131 Å². The van der Waals surface area contributed by atoms with Gasteiger partial charge in [-0.05, 0) is 46.8 Å². The fourth-order valence-electron chi connectivity index (χ4n) is 5.98. The van der Waals surface area contributed by atoms with Gasteiger partial charge in [-0.3, -0.25) is 24.2 Å². The highest BCUT2D eigenvalue weighted by atomic mass is 32.1. The van der Waals surface area contributed by atoms with Crippen LogP contribution >= 0.6 is 11.3 Å². The molecule has 0 aliphatic carbocycles. The summed E-state index contributed by atoms with van der Waals surface area (Å²) in [6.07, 6.45) is 6.96. The molecule has 0 bridgehead atoms. The predicted octanol–water partition coefficient (Wildman–Crippen LogP) is 5.54. The first-order valence-corrected chi connectivity index (χ1v) is 16.6. The van der Waals surface area contributed by atoms with E-state index in [9.17, 15) is 14.4 Å². The maximum atomic E-state index is 13.4. The number of nitrogen functional groups attached to an aromatic ring is 1. The van der Waals surface area contributed by atoms with Gasteiger partial charge >= 0.3 is 0 Å². The number of imide groups is 1. The number of nitrogens with one attached hydrogen (secondary N) is 1. The lowest BCUT2D eigenvalue weighted by Gasteiger charge is -2.37. The number of fused-ring (bicyclic) bond motifs is 1. The molecule has 5 aromatic rings. The summed E-state index contributed by atoms with van der Waals surface area (Å²) in [6, 6.07) is 26.0. The van der Waals surface area contributed by atoms with Crippen molar-refractivity contribution < 1.29 is 14.4 Å². The van der Waals surface area contributed by atoms with Crippen LogP contribution in [-0.4, -0.2) is 76.3 Å². The van der Waals surface area contributed by atoms with Gasteiger partial charge < -0.3 is 16.0 Å². The highest BCUT2D eigenvalue weighted by molar-refractivity contribution is 7.13. The monoisotopic (exact) mass is 655 g/mol. The first-order valence-electron chi connectivity index (χ1n) is 15.7. The Bertz CT molecular complexity index is 1940. The standard InChI is InChI=1S/C37H33N7O3S/c38-31-15-13-26(33-11-6-20-48-33)21-32(31)41-34(45)27-22-39-37(40-23-27)43-18-16-42(17-19-43)24-28(14-12-25-7-2-1-3-8-25)44-35(46)29-9-4-5-10-30(29)36(44)47/h1-15,20-23,28H,16-19,24,38H2,(H,41,45). The van der Waals surface area contributed by atoms with Gasteiger partial charge in [-0.25, -0.2) is 9.97 Å². The molecule has 2 aromatic heterocycles. The van der Waals surface area contributed by atoms with E-state index in [0.717, 1.165) is 16.0 Å². The molecule has 1 saturated heterocycles. The fraction of sp³-hybridized carbons (Fsp3) is 0.162. The molecule has 2 aliphatic rings. The lowest BCUT2D eigenvalue weighted by atomic mass is 10.1. The molecule has 4 heterocycles. The molecule has 2 aliphatic heterocycles. The van der Waals surface area contributed by atoms with Crippen LogP contribution in [-0.2, 0) is 0 Å². The number of aromatic nitrogens is 2. The average molecular weight is 656 g/mol. The summed E-state index contributed by atoms with van der Waals surface area (Å²) in [6.45, 7) is 3.16. The Hall–Kier alpha value is -5.65. The Labute approximate surface area is 282 Å². The Morgan fingerprint density at radius 1 is 0.875 bits per heavy atom. The van der Waals surface area contributed by atoms with Crippen molar-refractivity contribution >= 4 is 52.5 Å². The number of anilines is 3. The van der Waals surface area contributed by atoms with E-state index >= 15 is 0 Å². The molecule has 0 saturated carbocycles. The largest absolute Gasteiger partial charge is 0.397 e. The van der Waals surface area contributed by atoms with Crippen LogP contribution in [0.1, 0.15) is 36.6 Å². The number of rotatable bonds is 9. The molecule has 0 radical (unpaired) electrons. The first kappa shape index (κ1) is 31.0. The van der Waals surface area contributed by atoms with Crippen LogP contribution in [0.15, 0.2) is 109 Å². The number of amides is 3. The summed E-state index contributed by atoms with van der Waals surface area (Å²) in [5.41, 5.74) is 10.3. The van der Waals surface area contributed by atoms with Crippen LogP contribution in [0.2, 0.25) is 0 Å². The smallest absolute Gasteiger partial charge is 0.262 e. The molecule has 11 heteroatoms. The first-order chi connectivity index (χ1) is 23.4. The van der Waals surface area contributed by atoms with Crippen LogP contribution in [0.25, 0.3) is 16.5 Å². The van der Waals surface area contributed by atoms with Crippen LogP contribution in [0.5, 0.6) is 0 Å². The van der Waals surface area contributed by atoms with Crippen molar-refractivity contribution in [3.8, 4) is 10.4 Å². The minimum absolute atomic E-state index is 0.271. The number of piperazine rings is 1. The quantitative estimate of drug-likeness (QED) is 0.157. The number of benzene rings is 3. The molecule has 3 N–H and O–H groups in total. The number of hydrogen-bond acceptors (Lipinski definition) is 9. The van der Waals surface area contributed by atoms with Crippen LogP contribution in [0.3, 0.4) is 0 Å². The van der Waals surface area contributed by atoms with E-state index in [1.54, 1.807) is 41.7 Å². The van der Waals surface area contributed by atoms with E-state index in [4.69, 9.17) is 5.73 Å². The lowest BCUT2D eigenvalue weighted by Crippen LogP contribution is -2.52. The Morgan fingerprint density at radius 2 is 1.56 bits per heavy atom. The van der Waals surface area contributed by atoms with Gasteiger partial charge in [0.1, 0.15) is 0 Å². The third-order valence-electron chi connectivity index (χ3n) is 8.58. The van der Waals surface area contributed by atoms with Crippen LogP contribution < -0.4 is 16.0 Å². The molecule has 48 heavy (non-hydrogen) atoms. The van der Waals surface area contributed by atoms with E-state index in [0.29, 0.717) is 66.7 Å². The van der Waals surface area contributed by atoms with E-state index in [-0.39, 0.29) is 17.7 Å². The fourth-order valence-corrected chi connectivity index (χ4v) is 6.70. The van der Waals surface area contributed by atoms with Crippen LogP contribution in [0.4, 0.5) is 17.3 Å². The van der Waals surface area contributed by atoms with Gasteiger partial charge in [0, 0.05) is 50.0 Å². The van der Waals surface area contributed by atoms with E-state index in [1.807, 2.05) is 72.1 Å². The molecule has 1 unspecified atom stereocenters. The van der Waals surface area contributed by atoms with Crippen molar-refractivity contribution in [2.75, 3.05) is 48.7 Å². The number of hydrogen-bond donors (Lipinski definition) is 2. The molecule has 1 atom stereocenters. The van der Waals surface area contributed by atoms with E-state index in [1.165, 1.54) is 17.3 Å². The third-order valence-corrected chi connectivity index (χ3v) is 9.49. The summed E-state index contributed by atoms with van der Waals surface area (Å²) in [7, 11) is 0. The average Bonchev–Trinajstić information content (AvgIpc) is 3.75. The highest BCUT2D eigenvalue weighted by Gasteiger charge is 2.39. The van der Waals surface area contributed by atoms with Crippen molar-refractivity contribution in [3.63, 3.8) is 0 Å². The van der Waals surface area contributed by atoms with Gasteiger partial charge in [0.25, 0.3) is 17.7 Å². The number of nitrogens with zero attached hydrogens (tertiary/aromatic N) is 5. The third kappa shape index (κ3) is 6.46. The van der Waals surface area contributed by atoms with Crippen molar-refractivity contribution in [1.82, 2.24) is 19.8 Å². The van der Waals surface area contributed by atoms with Gasteiger partial charge in [0.2, 0.25) is 5.95 Å². The molecule has 0 spiro atoms. The molecular formula is C37H33N7O3S. The van der Waals surface area contributed by atoms with Crippen molar-refractivity contribution in [2.24, 2.45) is 0 Å². The number of carbonyl (C=O) groups excluding carboxylic acids is 3. The zero-order valence-corrected chi connectivity index (χ0v) is 26.8. The van der Waals surface area contributed by atoms with Gasteiger partial charge in [-0.15, -0.1) is 11.3 Å². The Kier molecular flexibility index (Phi) is 8.78. The summed E-state index contributed by atoms with van der Waals surface area (Å²) in [4.78, 5) is 55.6. The predicted molar refractivity (Wildman–Crippen MR) is 189 cm³/mol. The van der Waals surface area contributed by atoms with Crippen molar-refractivity contribution in [2.45, 2.75) is 6.04 Å². The molecule has 1 fully saturated rings. The molecule has 3 aromatic carbocycles. The van der Waals surface area contributed by atoms with E-state index < -0.39 is 6.04 Å². The van der Waals surface area contributed by atoms with Crippen molar-refractivity contribution in [1.29, 1.82) is 0 Å². The molecule has 7 rings (SSSR count). The number of carbonyl (C=O) groups is 3. The highest BCUT2D eigenvalue weighted by Crippen LogP contribution is 2.31. The number of nitrogens with two attached hydrogens (primary N) is 1. The van der Waals surface area contributed by atoms with Crippen LogP contribution in [0, 0.1) is 0 Å². The molecule has 240 valence electrons. The second kappa shape index (κ2) is 13.6. The molecular weight excluding hydrogens is 623 g/mol. The number of thiophene rings is 1. The maximum Gasteiger partial charge on any atom is 0.262 e. The van der Waals surface area contributed by atoms with Gasteiger partial charge in [0.15, 0.2) is 0 Å². The summed E-state index contributed by atoms with van der Waals surface area (Å²) in [5, 5.41) is 4.89. The SMILES string of the molecule is Nc1ccc(-c2cccs2)cc1NC(=O)c1cnc(N2CCN(CC(C=Cc3ccccc3)N3C(=O)c4ccccc4C3=O)CC2)nc1. The Balaban J connectivity index is 0.995.